The molecule has 0 aliphatic carbocycles. The minimum Gasteiger partial charge on any atom is -0.289 e. The van der Waals surface area contributed by atoms with Crippen LogP contribution in [0.3, 0.4) is 0 Å². The van der Waals surface area contributed by atoms with E-state index in [1.807, 2.05) is 54.6 Å². The van der Waals surface area contributed by atoms with Gasteiger partial charge in [-0.25, -0.2) is 0 Å². The highest BCUT2D eigenvalue weighted by Crippen LogP contribution is 2.34. The van der Waals surface area contributed by atoms with Gasteiger partial charge in [0.05, 0.1) is 0 Å². The Hall–Kier alpha value is -3.45. The number of ketones is 1. The van der Waals surface area contributed by atoms with E-state index in [9.17, 15) is 4.79 Å². The van der Waals surface area contributed by atoms with Crippen molar-refractivity contribution in [2.75, 3.05) is 0 Å². The standard InChI is InChI=1S/C25H16O/c26-25(18-9-2-1-3-10-18)24-16-23-19-11-5-4-8-17(19)14-15-22(23)20-12-6-7-13-21(20)24/h1-16H. The number of fused-ring (bicyclic) bond motifs is 5. The van der Waals surface area contributed by atoms with E-state index in [4.69, 9.17) is 0 Å². The molecule has 0 saturated heterocycles. The lowest BCUT2D eigenvalue weighted by atomic mass is 9.91. The predicted molar refractivity (Wildman–Crippen MR) is 109 cm³/mol. The van der Waals surface area contributed by atoms with Crippen LogP contribution in [0.25, 0.3) is 32.3 Å². The largest absolute Gasteiger partial charge is 0.289 e. The molecule has 0 spiro atoms. The first-order valence-corrected chi connectivity index (χ1v) is 8.76. The number of hydrogen-bond acceptors (Lipinski definition) is 1. The number of hydrogen-bond donors (Lipinski definition) is 0. The molecule has 5 rings (SSSR count). The molecule has 0 fully saturated rings. The van der Waals surface area contributed by atoms with Crippen molar-refractivity contribution < 1.29 is 4.79 Å². The van der Waals surface area contributed by atoms with E-state index in [1.54, 1.807) is 0 Å². The second kappa shape index (κ2) is 5.82. The van der Waals surface area contributed by atoms with Crippen molar-refractivity contribution in [3.63, 3.8) is 0 Å². The highest BCUT2D eigenvalue weighted by molar-refractivity contribution is 6.25. The second-order valence-corrected chi connectivity index (χ2v) is 6.55. The molecule has 0 aliphatic heterocycles. The van der Waals surface area contributed by atoms with Crippen LogP contribution < -0.4 is 0 Å². The molecule has 26 heavy (non-hydrogen) atoms. The summed E-state index contributed by atoms with van der Waals surface area (Å²) < 4.78 is 0. The summed E-state index contributed by atoms with van der Waals surface area (Å²) >= 11 is 0. The van der Waals surface area contributed by atoms with E-state index in [0.29, 0.717) is 0 Å². The van der Waals surface area contributed by atoms with Gasteiger partial charge in [0.1, 0.15) is 0 Å². The third kappa shape index (κ3) is 2.21. The molecule has 0 aromatic heterocycles. The van der Waals surface area contributed by atoms with Gasteiger partial charge in [0.15, 0.2) is 5.78 Å². The Labute approximate surface area is 151 Å². The summed E-state index contributed by atoms with van der Waals surface area (Å²) in [5, 5.41) is 6.80. The maximum Gasteiger partial charge on any atom is 0.193 e. The lowest BCUT2D eigenvalue weighted by Gasteiger charge is -2.12. The van der Waals surface area contributed by atoms with Crippen LogP contribution in [0.15, 0.2) is 97.1 Å². The highest BCUT2D eigenvalue weighted by Gasteiger charge is 2.15. The molecule has 0 atom stereocenters. The van der Waals surface area contributed by atoms with Crippen LogP contribution in [-0.4, -0.2) is 5.78 Å². The van der Waals surface area contributed by atoms with Crippen LogP contribution in [0.1, 0.15) is 15.9 Å². The van der Waals surface area contributed by atoms with Gasteiger partial charge in [-0.1, -0.05) is 91.0 Å². The van der Waals surface area contributed by atoms with Crippen LogP contribution in [-0.2, 0) is 0 Å². The molecule has 1 nitrogen and oxygen atoms in total. The molecule has 0 unspecified atom stereocenters. The zero-order valence-electron chi connectivity index (χ0n) is 14.1. The van der Waals surface area contributed by atoms with E-state index in [1.165, 1.54) is 16.2 Å². The topological polar surface area (TPSA) is 17.1 Å². The Balaban J connectivity index is 1.92. The molecule has 0 saturated carbocycles. The summed E-state index contributed by atoms with van der Waals surface area (Å²) in [5.41, 5.74) is 1.48. The summed E-state index contributed by atoms with van der Waals surface area (Å²) in [6, 6.07) is 32.4. The number of carbonyl (C=O) groups excluding carboxylic acids is 1. The fraction of sp³-hybridized carbons (Fsp3) is 0. The molecular formula is C25H16O. The lowest BCUT2D eigenvalue weighted by Crippen LogP contribution is -2.02. The van der Waals surface area contributed by atoms with E-state index < -0.39 is 0 Å². The van der Waals surface area contributed by atoms with Gasteiger partial charge in [0.25, 0.3) is 0 Å². The third-order valence-corrected chi connectivity index (χ3v) is 5.05. The average Bonchev–Trinajstić information content (AvgIpc) is 2.73. The SMILES string of the molecule is O=C(c1ccccc1)c1cc2c3ccccc3ccc2c2ccccc12. The summed E-state index contributed by atoms with van der Waals surface area (Å²) in [5.74, 6) is 0.0663. The van der Waals surface area contributed by atoms with Crippen molar-refractivity contribution in [1.29, 1.82) is 0 Å². The van der Waals surface area contributed by atoms with Crippen LogP contribution in [0.5, 0.6) is 0 Å². The van der Waals surface area contributed by atoms with Crippen LogP contribution in [0, 0.1) is 0 Å². The van der Waals surface area contributed by atoms with E-state index >= 15 is 0 Å². The molecule has 0 N–H and O–H groups in total. The summed E-state index contributed by atoms with van der Waals surface area (Å²) in [4.78, 5) is 13.2. The summed E-state index contributed by atoms with van der Waals surface area (Å²) in [7, 11) is 0. The van der Waals surface area contributed by atoms with Crippen molar-refractivity contribution in [2.45, 2.75) is 0 Å². The molecule has 5 aromatic carbocycles. The highest BCUT2D eigenvalue weighted by atomic mass is 16.1. The molecule has 0 aliphatic rings. The first-order chi connectivity index (χ1) is 12.8. The first kappa shape index (κ1) is 14.9. The number of rotatable bonds is 2. The van der Waals surface area contributed by atoms with Crippen molar-refractivity contribution in [3.05, 3.63) is 108 Å². The zero-order valence-corrected chi connectivity index (χ0v) is 14.1. The number of carbonyl (C=O) groups is 1. The van der Waals surface area contributed by atoms with Gasteiger partial charge in [0.2, 0.25) is 0 Å². The van der Waals surface area contributed by atoms with Gasteiger partial charge in [-0.2, -0.15) is 0 Å². The summed E-state index contributed by atoms with van der Waals surface area (Å²) in [6.07, 6.45) is 0. The quantitative estimate of drug-likeness (QED) is 0.271. The average molecular weight is 332 g/mol. The minimum absolute atomic E-state index is 0.0663. The molecule has 0 heterocycles. The zero-order chi connectivity index (χ0) is 17.5. The molecule has 5 aromatic rings. The second-order valence-electron chi connectivity index (χ2n) is 6.55. The van der Waals surface area contributed by atoms with Gasteiger partial charge in [-0.15, -0.1) is 0 Å². The fourth-order valence-electron chi connectivity index (χ4n) is 3.79. The first-order valence-electron chi connectivity index (χ1n) is 8.76. The lowest BCUT2D eigenvalue weighted by molar-refractivity contribution is 0.104. The molecular weight excluding hydrogens is 316 g/mol. The summed E-state index contributed by atoms with van der Waals surface area (Å²) in [6.45, 7) is 0. The predicted octanol–water partition coefficient (Wildman–Crippen LogP) is 6.38. The van der Waals surface area contributed by atoms with Crippen molar-refractivity contribution in [2.24, 2.45) is 0 Å². The Morgan fingerprint density at radius 1 is 0.500 bits per heavy atom. The Morgan fingerprint density at radius 2 is 1.12 bits per heavy atom. The molecule has 0 bridgehead atoms. The monoisotopic (exact) mass is 332 g/mol. The smallest absolute Gasteiger partial charge is 0.193 e. The van der Waals surface area contributed by atoms with Crippen molar-refractivity contribution in [1.82, 2.24) is 0 Å². The maximum absolute atomic E-state index is 13.2. The normalized spacial score (nSPS) is 11.2. The van der Waals surface area contributed by atoms with Gasteiger partial charge < -0.3 is 0 Å². The van der Waals surface area contributed by atoms with E-state index in [2.05, 4.69) is 42.5 Å². The molecule has 0 amide bonds. The van der Waals surface area contributed by atoms with Crippen LogP contribution in [0.2, 0.25) is 0 Å². The third-order valence-electron chi connectivity index (χ3n) is 5.05. The fourth-order valence-corrected chi connectivity index (χ4v) is 3.79. The van der Waals surface area contributed by atoms with Gasteiger partial charge in [0, 0.05) is 11.1 Å². The van der Waals surface area contributed by atoms with Crippen LogP contribution >= 0.6 is 0 Å². The van der Waals surface area contributed by atoms with Gasteiger partial charge in [-0.3, -0.25) is 4.79 Å². The van der Waals surface area contributed by atoms with E-state index in [-0.39, 0.29) is 5.78 Å². The van der Waals surface area contributed by atoms with Crippen LogP contribution in [0.4, 0.5) is 0 Å². The van der Waals surface area contributed by atoms with Crippen molar-refractivity contribution in [3.8, 4) is 0 Å². The molecule has 1 heteroatoms. The minimum atomic E-state index is 0.0663. The van der Waals surface area contributed by atoms with Crippen molar-refractivity contribution >= 4 is 38.1 Å². The van der Waals surface area contributed by atoms with Gasteiger partial charge >= 0.3 is 0 Å². The van der Waals surface area contributed by atoms with Gasteiger partial charge in [-0.05, 0) is 38.4 Å². The Kier molecular flexibility index (Phi) is 3.32. The maximum atomic E-state index is 13.2. The Morgan fingerprint density at radius 3 is 1.92 bits per heavy atom. The van der Waals surface area contributed by atoms with E-state index in [0.717, 1.165) is 27.3 Å². The molecule has 122 valence electrons. The number of benzene rings is 5. The molecule has 0 radical (unpaired) electrons. The Bertz CT molecular complexity index is 1280.